The molecule has 92 valence electrons. The lowest BCUT2D eigenvalue weighted by Gasteiger charge is -2.15. The zero-order valence-electron chi connectivity index (χ0n) is 10.4. The van der Waals surface area contributed by atoms with Crippen molar-refractivity contribution in [3.05, 3.63) is 45.6 Å². The molecule has 1 atom stereocenters. The zero-order chi connectivity index (χ0) is 13.1. The second kappa shape index (κ2) is 5.11. The molecular weight excluding hydrogens is 242 g/mol. The molecule has 18 heavy (non-hydrogen) atoms. The van der Waals surface area contributed by atoms with Gasteiger partial charge in [0.1, 0.15) is 0 Å². The van der Waals surface area contributed by atoms with Gasteiger partial charge in [0.05, 0.1) is 29.0 Å². The fourth-order valence-electron chi connectivity index (χ4n) is 1.75. The third-order valence-electron chi connectivity index (χ3n) is 2.74. The maximum Gasteiger partial charge on any atom is 0.0992 e. The molecule has 2 rings (SSSR count). The lowest BCUT2D eigenvalue weighted by atomic mass is 10.1. The van der Waals surface area contributed by atoms with Gasteiger partial charge in [-0.1, -0.05) is 0 Å². The molecule has 0 spiro atoms. The van der Waals surface area contributed by atoms with Gasteiger partial charge in [0, 0.05) is 9.75 Å². The monoisotopic (exact) mass is 257 g/mol. The molecule has 0 amide bonds. The van der Waals surface area contributed by atoms with Crippen LogP contribution in [0.15, 0.2) is 30.3 Å². The highest BCUT2D eigenvalue weighted by atomic mass is 32.1. The van der Waals surface area contributed by atoms with E-state index in [2.05, 4.69) is 37.4 Å². The molecule has 4 heteroatoms. The number of nitrogen functional groups attached to an aromatic ring is 1. The van der Waals surface area contributed by atoms with Crippen LogP contribution in [-0.2, 0) is 0 Å². The van der Waals surface area contributed by atoms with Crippen LogP contribution >= 0.6 is 11.3 Å². The fraction of sp³-hybridized carbons (Fsp3) is 0.214. The Bertz CT molecular complexity index is 595. The molecule has 0 saturated carbocycles. The molecule has 0 fully saturated rings. The van der Waals surface area contributed by atoms with E-state index in [0.717, 1.165) is 5.69 Å². The lowest BCUT2D eigenvalue weighted by Crippen LogP contribution is -2.07. The highest BCUT2D eigenvalue weighted by molar-refractivity contribution is 7.12. The SMILES string of the molecule is Cc1ccc(C(C)Nc2ccc(C#N)cc2N)s1. The molecule has 3 nitrogen and oxygen atoms in total. The molecule has 0 saturated heterocycles. The van der Waals surface area contributed by atoms with Gasteiger partial charge in [-0.25, -0.2) is 0 Å². The molecule has 3 N–H and O–H groups in total. The molecule has 0 aliphatic carbocycles. The summed E-state index contributed by atoms with van der Waals surface area (Å²) >= 11 is 1.77. The Morgan fingerprint density at radius 1 is 1.33 bits per heavy atom. The van der Waals surface area contributed by atoms with E-state index in [1.165, 1.54) is 9.75 Å². The number of benzene rings is 1. The van der Waals surface area contributed by atoms with Gasteiger partial charge in [-0.3, -0.25) is 0 Å². The van der Waals surface area contributed by atoms with Gasteiger partial charge in [0.2, 0.25) is 0 Å². The molecule has 2 aromatic rings. The van der Waals surface area contributed by atoms with E-state index in [-0.39, 0.29) is 6.04 Å². The van der Waals surface area contributed by atoms with Crippen LogP contribution in [0.25, 0.3) is 0 Å². The van der Waals surface area contributed by atoms with E-state index in [4.69, 9.17) is 11.0 Å². The first-order valence-corrected chi connectivity index (χ1v) is 6.54. The Morgan fingerprint density at radius 3 is 2.67 bits per heavy atom. The average Bonchev–Trinajstić information content (AvgIpc) is 2.78. The van der Waals surface area contributed by atoms with E-state index in [1.54, 1.807) is 23.5 Å². The Kier molecular flexibility index (Phi) is 3.54. The summed E-state index contributed by atoms with van der Waals surface area (Å²) < 4.78 is 0. The zero-order valence-corrected chi connectivity index (χ0v) is 11.2. The van der Waals surface area contributed by atoms with Crippen LogP contribution in [0.4, 0.5) is 11.4 Å². The predicted molar refractivity (Wildman–Crippen MR) is 76.7 cm³/mol. The summed E-state index contributed by atoms with van der Waals surface area (Å²) in [6.45, 7) is 4.19. The van der Waals surface area contributed by atoms with Crippen molar-refractivity contribution >= 4 is 22.7 Å². The quantitative estimate of drug-likeness (QED) is 0.824. The Hall–Kier alpha value is -1.99. The molecule has 1 aromatic heterocycles. The number of anilines is 2. The number of nitrogens with one attached hydrogen (secondary N) is 1. The highest BCUT2D eigenvalue weighted by Gasteiger charge is 2.09. The second-order valence-corrected chi connectivity index (χ2v) is 5.55. The summed E-state index contributed by atoms with van der Waals surface area (Å²) in [5, 5.41) is 12.2. The largest absolute Gasteiger partial charge is 0.397 e. The van der Waals surface area contributed by atoms with Crippen LogP contribution in [0.3, 0.4) is 0 Å². The number of hydrogen-bond donors (Lipinski definition) is 2. The first-order valence-electron chi connectivity index (χ1n) is 5.72. The molecule has 1 aromatic carbocycles. The topological polar surface area (TPSA) is 61.8 Å². The van der Waals surface area contributed by atoms with Crippen molar-refractivity contribution in [1.82, 2.24) is 0 Å². The number of hydrogen-bond acceptors (Lipinski definition) is 4. The van der Waals surface area contributed by atoms with E-state index >= 15 is 0 Å². The highest BCUT2D eigenvalue weighted by Crippen LogP contribution is 2.28. The van der Waals surface area contributed by atoms with Crippen LogP contribution in [0.5, 0.6) is 0 Å². The normalized spacial score (nSPS) is 11.8. The Morgan fingerprint density at radius 2 is 2.11 bits per heavy atom. The Balaban J connectivity index is 2.17. The van der Waals surface area contributed by atoms with Gasteiger partial charge in [0.15, 0.2) is 0 Å². The van der Waals surface area contributed by atoms with Crippen molar-refractivity contribution in [1.29, 1.82) is 5.26 Å². The minimum atomic E-state index is 0.207. The van der Waals surface area contributed by atoms with Crippen LogP contribution in [-0.4, -0.2) is 0 Å². The van der Waals surface area contributed by atoms with Crippen LogP contribution in [0, 0.1) is 18.3 Å². The van der Waals surface area contributed by atoms with Gasteiger partial charge < -0.3 is 11.1 Å². The van der Waals surface area contributed by atoms with Crippen LogP contribution in [0.2, 0.25) is 0 Å². The summed E-state index contributed by atoms with van der Waals surface area (Å²) in [6.07, 6.45) is 0. The smallest absolute Gasteiger partial charge is 0.0992 e. The molecule has 0 bridgehead atoms. The van der Waals surface area contributed by atoms with E-state index < -0.39 is 0 Å². The van der Waals surface area contributed by atoms with Gasteiger partial charge in [-0.15, -0.1) is 11.3 Å². The minimum Gasteiger partial charge on any atom is -0.397 e. The van der Waals surface area contributed by atoms with E-state index in [0.29, 0.717) is 11.3 Å². The lowest BCUT2D eigenvalue weighted by molar-refractivity contribution is 0.909. The summed E-state index contributed by atoms with van der Waals surface area (Å²) in [6, 6.07) is 11.8. The summed E-state index contributed by atoms with van der Waals surface area (Å²) in [7, 11) is 0. The first-order chi connectivity index (χ1) is 8.60. The van der Waals surface area contributed by atoms with Gasteiger partial charge in [-0.05, 0) is 44.2 Å². The number of thiophene rings is 1. The molecule has 1 heterocycles. The fourth-order valence-corrected chi connectivity index (χ4v) is 2.63. The number of aryl methyl sites for hydroxylation is 1. The summed E-state index contributed by atoms with van der Waals surface area (Å²) in [4.78, 5) is 2.57. The molecule has 0 aliphatic heterocycles. The second-order valence-electron chi connectivity index (χ2n) is 4.23. The van der Waals surface area contributed by atoms with E-state index in [1.807, 2.05) is 6.07 Å². The molecule has 0 aliphatic rings. The minimum absolute atomic E-state index is 0.207. The number of rotatable bonds is 3. The number of nitrogens with zero attached hydrogens (tertiary/aromatic N) is 1. The molecule has 1 unspecified atom stereocenters. The third kappa shape index (κ3) is 2.63. The van der Waals surface area contributed by atoms with Gasteiger partial charge >= 0.3 is 0 Å². The van der Waals surface area contributed by atoms with Gasteiger partial charge in [-0.2, -0.15) is 5.26 Å². The standard InChI is InChI=1S/C14H15N3S/c1-9-3-6-14(18-9)10(2)17-13-5-4-11(8-15)7-12(13)16/h3-7,10,17H,16H2,1-2H3. The van der Waals surface area contributed by atoms with Crippen molar-refractivity contribution in [3.63, 3.8) is 0 Å². The maximum atomic E-state index is 8.79. The van der Waals surface area contributed by atoms with Crippen LogP contribution in [0.1, 0.15) is 28.3 Å². The van der Waals surface area contributed by atoms with E-state index in [9.17, 15) is 0 Å². The Labute approximate surface area is 111 Å². The van der Waals surface area contributed by atoms with Crippen LogP contribution < -0.4 is 11.1 Å². The first kappa shape index (κ1) is 12.5. The molecule has 0 radical (unpaired) electrons. The van der Waals surface area contributed by atoms with Crippen molar-refractivity contribution in [2.75, 3.05) is 11.1 Å². The third-order valence-corrected chi connectivity index (χ3v) is 3.92. The number of nitriles is 1. The van der Waals surface area contributed by atoms with Crippen molar-refractivity contribution < 1.29 is 0 Å². The van der Waals surface area contributed by atoms with Crippen molar-refractivity contribution in [2.24, 2.45) is 0 Å². The molecular formula is C14H15N3S. The van der Waals surface area contributed by atoms with Crippen molar-refractivity contribution in [2.45, 2.75) is 19.9 Å². The van der Waals surface area contributed by atoms with Gasteiger partial charge in [0.25, 0.3) is 0 Å². The predicted octanol–water partition coefficient (Wildman–Crippen LogP) is 3.68. The maximum absolute atomic E-state index is 8.79. The van der Waals surface area contributed by atoms with Crippen molar-refractivity contribution in [3.8, 4) is 6.07 Å². The summed E-state index contributed by atoms with van der Waals surface area (Å²) in [5.74, 6) is 0. The summed E-state index contributed by atoms with van der Waals surface area (Å²) in [5.41, 5.74) is 7.97. The average molecular weight is 257 g/mol. The number of nitrogens with two attached hydrogens (primary N) is 1.